The molecule has 3 rings (SSSR count). The number of imide groups is 1. The lowest BCUT2D eigenvalue weighted by atomic mass is 10.4. The summed E-state index contributed by atoms with van der Waals surface area (Å²) in [7, 11) is 10.5. The van der Waals surface area contributed by atoms with Gasteiger partial charge in [0.1, 0.15) is 0 Å². The van der Waals surface area contributed by atoms with Gasteiger partial charge >= 0.3 is 18.5 Å². The lowest BCUT2D eigenvalue weighted by Crippen LogP contribution is -2.33. The summed E-state index contributed by atoms with van der Waals surface area (Å²) in [5, 5.41) is 11.8. The van der Waals surface area contributed by atoms with Crippen molar-refractivity contribution in [1.82, 2.24) is 40.8 Å². The minimum atomic E-state index is -4.74. The van der Waals surface area contributed by atoms with E-state index in [0.29, 0.717) is 18.7 Å². The molecule has 0 spiro atoms. The van der Waals surface area contributed by atoms with Gasteiger partial charge in [0.2, 0.25) is 29.5 Å². The molecule has 0 aromatic carbocycles. The van der Waals surface area contributed by atoms with E-state index in [9.17, 15) is 55.5 Å². The van der Waals surface area contributed by atoms with Gasteiger partial charge in [0.15, 0.2) is 0 Å². The van der Waals surface area contributed by atoms with E-state index in [4.69, 9.17) is 0 Å². The summed E-state index contributed by atoms with van der Waals surface area (Å²) in [5.74, 6) is -2.97. The summed E-state index contributed by atoms with van der Waals surface area (Å²) in [4.78, 5) is 73.1. The average Bonchev–Trinajstić information content (AvgIpc) is 3.71. The summed E-state index contributed by atoms with van der Waals surface area (Å²) >= 11 is 0. The molecule has 2 aliphatic rings. The quantitative estimate of drug-likeness (QED) is 0.239. The zero-order valence-electron chi connectivity index (χ0n) is 27.8. The van der Waals surface area contributed by atoms with E-state index in [0.717, 1.165) is 33.5 Å². The van der Waals surface area contributed by atoms with Gasteiger partial charge in [0.25, 0.3) is 5.91 Å². The van der Waals surface area contributed by atoms with Crippen LogP contribution in [0.15, 0.2) is 18.5 Å². The molecular weight excluding hydrogens is 650 g/mol. The van der Waals surface area contributed by atoms with E-state index in [-0.39, 0.29) is 28.3 Å². The number of carbonyl (C=O) groups is 7. The normalized spacial score (nSPS) is 12.4. The SMILES string of the molecule is CN1C(=O)CCC1=O.CN1CCCC1=O.CNC(=O)C(F)(F)F.CNC(=O)C(F)F.CNC(C)=O.CNC(C)=O.Cn1cccn1.F. The molecule has 0 atom stereocenters. The number of hydrogen-bond donors (Lipinski definition) is 4. The first-order chi connectivity index (χ1) is 21.1. The summed E-state index contributed by atoms with van der Waals surface area (Å²) in [5.41, 5.74) is 0. The third-order valence-corrected chi connectivity index (χ3v) is 4.88. The van der Waals surface area contributed by atoms with E-state index in [1.54, 1.807) is 35.2 Å². The summed E-state index contributed by atoms with van der Waals surface area (Å²) < 4.78 is 56.9. The summed E-state index contributed by atoms with van der Waals surface area (Å²) in [6.45, 7) is 3.90. The third kappa shape index (κ3) is 34.0. The standard InChI is InChI=1S/C5H7NO2.C5H9NO.C4H6N2.C3H4F3NO.C3H5F2NO.2C3H7NO.FH/c1-6-4(7)2-3-5(6)8;1-6-4-2-3-5(6)7;1-6-4-2-3-5-6;1-7-2(8)3(4,5)6;1-6-3(7)2(4)5;2*1-3(5)4-2;/h2-3H2,1H3;2-4H2,1H3;2-4H,1H3;1H3,(H,7,8);2H,1H3,(H,6,7);2*1-2H3,(H,4,5);1H. The smallest absolute Gasteiger partial charge is 0.359 e. The van der Waals surface area contributed by atoms with E-state index in [2.05, 4.69) is 15.7 Å². The first-order valence-electron chi connectivity index (χ1n) is 13.2. The highest BCUT2D eigenvalue weighted by Crippen LogP contribution is 2.13. The van der Waals surface area contributed by atoms with Gasteiger partial charge in [-0.25, -0.2) is 0 Å². The zero-order chi connectivity index (χ0) is 37.0. The largest absolute Gasteiger partial charge is 0.471 e. The van der Waals surface area contributed by atoms with Crippen LogP contribution >= 0.6 is 0 Å². The number of carbonyl (C=O) groups excluding carboxylic acids is 7. The van der Waals surface area contributed by atoms with Crippen molar-refractivity contribution in [2.45, 2.75) is 52.1 Å². The zero-order valence-corrected chi connectivity index (χ0v) is 27.8. The minimum Gasteiger partial charge on any atom is -0.359 e. The van der Waals surface area contributed by atoms with Crippen LogP contribution in [-0.2, 0) is 40.6 Å². The Labute approximate surface area is 269 Å². The molecule has 0 unspecified atom stereocenters. The van der Waals surface area contributed by atoms with Crippen LogP contribution in [0.5, 0.6) is 0 Å². The second kappa shape index (κ2) is 30.0. The Kier molecular flexibility index (Phi) is 33.0. The van der Waals surface area contributed by atoms with Gasteiger partial charge in [-0.15, -0.1) is 0 Å². The summed E-state index contributed by atoms with van der Waals surface area (Å²) in [6.07, 6.45) is -1.38. The Hall–Kier alpha value is -4.72. The van der Waals surface area contributed by atoms with E-state index in [1.165, 1.54) is 31.1 Å². The lowest BCUT2D eigenvalue weighted by molar-refractivity contribution is -0.173. The number of amides is 7. The van der Waals surface area contributed by atoms with Gasteiger partial charge in [0, 0.05) is 101 Å². The van der Waals surface area contributed by atoms with E-state index < -0.39 is 24.4 Å². The average molecular weight is 697 g/mol. The molecule has 47 heavy (non-hydrogen) atoms. The number of likely N-dealkylation sites (tertiary alicyclic amines) is 2. The van der Waals surface area contributed by atoms with Gasteiger partial charge in [-0.05, 0) is 12.5 Å². The molecule has 2 aliphatic heterocycles. The van der Waals surface area contributed by atoms with Crippen LogP contribution < -0.4 is 21.3 Å². The molecule has 2 saturated heterocycles. The van der Waals surface area contributed by atoms with Gasteiger partial charge in [-0.3, -0.25) is 47.8 Å². The predicted molar refractivity (Wildman–Crippen MR) is 159 cm³/mol. The van der Waals surface area contributed by atoms with Crippen LogP contribution in [0.25, 0.3) is 0 Å². The van der Waals surface area contributed by atoms with Gasteiger partial charge in [0.05, 0.1) is 0 Å². The van der Waals surface area contributed by atoms with Gasteiger partial charge < -0.3 is 26.2 Å². The molecule has 4 N–H and O–H groups in total. The van der Waals surface area contributed by atoms with Crippen LogP contribution in [0.2, 0.25) is 0 Å². The molecule has 0 saturated carbocycles. The molecule has 0 radical (unpaired) electrons. The van der Waals surface area contributed by atoms with Crippen molar-refractivity contribution in [2.75, 3.05) is 48.8 Å². The highest BCUT2D eigenvalue weighted by molar-refractivity contribution is 6.01. The molecule has 0 aliphatic carbocycles. The number of nitrogens with zero attached hydrogens (tertiary/aromatic N) is 4. The molecular formula is C26H46F6N8O7. The molecule has 274 valence electrons. The summed E-state index contributed by atoms with van der Waals surface area (Å²) in [6, 6.07) is 1.89. The topological polar surface area (TPSA) is 192 Å². The first-order valence-corrected chi connectivity index (χ1v) is 13.2. The number of nitrogens with one attached hydrogen (secondary N) is 4. The molecule has 1 aromatic rings. The fourth-order valence-corrected chi connectivity index (χ4v) is 2.07. The maximum absolute atomic E-state index is 11.0. The second-order valence-electron chi connectivity index (χ2n) is 8.55. The number of rotatable bonds is 1. The molecule has 7 amide bonds. The van der Waals surface area contributed by atoms with Crippen molar-refractivity contribution in [3.8, 4) is 0 Å². The van der Waals surface area contributed by atoms with Crippen LogP contribution in [0, 0.1) is 0 Å². The second-order valence-corrected chi connectivity index (χ2v) is 8.55. The van der Waals surface area contributed by atoms with E-state index >= 15 is 0 Å². The minimum absolute atomic E-state index is 0. The fraction of sp³-hybridized carbons (Fsp3) is 0.615. The Morgan fingerprint density at radius 3 is 1.28 bits per heavy atom. The Morgan fingerprint density at radius 2 is 1.21 bits per heavy atom. The van der Waals surface area contributed by atoms with Crippen molar-refractivity contribution in [3.05, 3.63) is 18.5 Å². The van der Waals surface area contributed by atoms with Crippen molar-refractivity contribution in [3.63, 3.8) is 0 Å². The van der Waals surface area contributed by atoms with Crippen LogP contribution in [0.1, 0.15) is 39.5 Å². The highest BCUT2D eigenvalue weighted by atomic mass is 19.4. The molecule has 0 bridgehead atoms. The van der Waals surface area contributed by atoms with Crippen LogP contribution in [0.4, 0.5) is 26.7 Å². The predicted octanol–water partition coefficient (Wildman–Crippen LogP) is 0.373. The molecule has 3 heterocycles. The number of alkyl halides is 5. The fourth-order valence-electron chi connectivity index (χ4n) is 2.07. The van der Waals surface area contributed by atoms with Crippen molar-refractivity contribution < 1.29 is 60.2 Å². The Balaban J connectivity index is -0.000000147. The van der Waals surface area contributed by atoms with E-state index in [1.807, 2.05) is 26.4 Å². The molecule has 21 heteroatoms. The van der Waals surface area contributed by atoms with Crippen LogP contribution in [-0.4, -0.2) is 122 Å². The number of aromatic nitrogens is 2. The third-order valence-electron chi connectivity index (χ3n) is 4.88. The highest BCUT2D eigenvalue weighted by Gasteiger charge is 2.37. The maximum Gasteiger partial charge on any atom is 0.471 e. The Morgan fingerprint density at radius 1 is 0.787 bits per heavy atom. The number of halogens is 6. The first kappa shape index (κ1) is 51.8. The van der Waals surface area contributed by atoms with Crippen molar-refractivity contribution >= 4 is 41.4 Å². The van der Waals surface area contributed by atoms with Crippen molar-refractivity contribution in [1.29, 1.82) is 0 Å². The van der Waals surface area contributed by atoms with Crippen LogP contribution in [0.3, 0.4) is 0 Å². The van der Waals surface area contributed by atoms with Gasteiger partial charge in [-0.1, -0.05) is 0 Å². The lowest BCUT2D eigenvalue weighted by Gasteiger charge is -2.03. The maximum atomic E-state index is 11.0. The molecule has 1 aromatic heterocycles. The molecule has 15 nitrogen and oxygen atoms in total. The monoisotopic (exact) mass is 696 g/mol. The molecule has 2 fully saturated rings. The van der Waals surface area contributed by atoms with Gasteiger partial charge in [-0.2, -0.15) is 27.1 Å². The number of aryl methyl sites for hydroxylation is 1. The Bertz CT molecular complexity index is 1030. The van der Waals surface area contributed by atoms with Crippen molar-refractivity contribution in [2.24, 2.45) is 7.05 Å². The number of hydrogen-bond acceptors (Lipinski definition) is 8.